The normalized spacial score (nSPS) is 21.2. The molecule has 2 amide bonds. The van der Waals surface area contributed by atoms with Crippen LogP contribution in [0.1, 0.15) is 37.8 Å². The van der Waals surface area contributed by atoms with E-state index in [0.29, 0.717) is 38.7 Å². The first-order chi connectivity index (χ1) is 15.6. The van der Waals surface area contributed by atoms with E-state index in [1.165, 1.54) is 0 Å². The Morgan fingerprint density at radius 2 is 1.78 bits per heavy atom. The van der Waals surface area contributed by atoms with Gasteiger partial charge in [0.15, 0.2) is 0 Å². The van der Waals surface area contributed by atoms with Gasteiger partial charge in [0.25, 0.3) is 0 Å². The van der Waals surface area contributed by atoms with Crippen LogP contribution in [0, 0.1) is 5.92 Å². The molecule has 2 aromatic rings. The maximum absolute atomic E-state index is 13.6. The fourth-order valence-electron chi connectivity index (χ4n) is 4.63. The van der Waals surface area contributed by atoms with Crippen molar-refractivity contribution in [3.8, 4) is 5.75 Å². The summed E-state index contributed by atoms with van der Waals surface area (Å²) in [5.41, 5.74) is 0.988. The summed E-state index contributed by atoms with van der Waals surface area (Å²) in [6.45, 7) is 5.36. The quantitative estimate of drug-likeness (QED) is 0.662. The molecule has 1 aromatic heterocycles. The van der Waals surface area contributed by atoms with Crippen LogP contribution >= 0.6 is 0 Å². The number of methoxy groups -OCH3 is 1. The fraction of sp³-hybridized carbons (Fsp3) is 0.500. The number of rotatable bonds is 7. The Bertz CT molecular complexity index is 913. The van der Waals surface area contributed by atoms with E-state index in [9.17, 15) is 9.59 Å². The highest BCUT2D eigenvalue weighted by Gasteiger charge is 2.45. The van der Waals surface area contributed by atoms with Gasteiger partial charge in [0.1, 0.15) is 5.75 Å². The fourth-order valence-corrected chi connectivity index (χ4v) is 4.63. The lowest BCUT2D eigenvalue weighted by atomic mass is 9.92. The van der Waals surface area contributed by atoms with Crippen molar-refractivity contribution in [1.29, 1.82) is 0 Å². The molecule has 32 heavy (non-hydrogen) atoms. The van der Waals surface area contributed by atoms with Crippen LogP contribution in [-0.2, 0) is 9.59 Å². The number of hydrogen-bond donors (Lipinski definition) is 0. The number of likely N-dealkylation sites (tertiary alicyclic amines) is 1. The summed E-state index contributed by atoms with van der Waals surface area (Å²) in [4.78, 5) is 41.0. The van der Waals surface area contributed by atoms with Gasteiger partial charge in [-0.25, -0.2) is 9.97 Å². The van der Waals surface area contributed by atoms with Crippen LogP contribution in [-0.4, -0.2) is 71.4 Å². The molecule has 8 heteroatoms. The van der Waals surface area contributed by atoms with Crippen molar-refractivity contribution in [2.75, 3.05) is 44.7 Å². The average molecular weight is 438 g/mol. The minimum Gasteiger partial charge on any atom is -0.497 e. The second-order valence-corrected chi connectivity index (χ2v) is 8.33. The first-order valence-electron chi connectivity index (χ1n) is 11.4. The molecule has 0 radical (unpaired) electrons. The molecule has 170 valence electrons. The summed E-state index contributed by atoms with van der Waals surface area (Å²) in [6.07, 6.45) is 5.65. The lowest BCUT2D eigenvalue weighted by Gasteiger charge is -2.37. The Labute approximate surface area is 189 Å². The Morgan fingerprint density at radius 1 is 1.09 bits per heavy atom. The van der Waals surface area contributed by atoms with Crippen LogP contribution in [0.5, 0.6) is 5.75 Å². The van der Waals surface area contributed by atoms with Crippen molar-refractivity contribution >= 4 is 17.8 Å². The molecule has 0 spiro atoms. The molecule has 0 bridgehead atoms. The van der Waals surface area contributed by atoms with Crippen LogP contribution < -0.4 is 9.64 Å². The molecule has 0 N–H and O–H groups in total. The minimum atomic E-state index is -0.368. The number of anilines is 1. The highest BCUT2D eigenvalue weighted by molar-refractivity contribution is 5.90. The minimum absolute atomic E-state index is 0.0618. The number of ether oxygens (including phenoxy) is 1. The molecule has 2 atom stereocenters. The zero-order chi connectivity index (χ0) is 22.5. The summed E-state index contributed by atoms with van der Waals surface area (Å²) < 4.78 is 5.29. The Morgan fingerprint density at radius 3 is 2.41 bits per heavy atom. The van der Waals surface area contributed by atoms with Crippen molar-refractivity contribution < 1.29 is 14.3 Å². The highest BCUT2D eigenvalue weighted by atomic mass is 16.5. The van der Waals surface area contributed by atoms with Crippen LogP contribution in [0.3, 0.4) is 0 Å². The standard InChI is InChI=1S/C24H31N5O3/c1-3-4-12-29-21(30)17-20(22(29)18-6-8-19(32-2)9-7-18)23(31)27-13-15-28(16-14-27)24-25-10-5-11-26-24/h5-11,20,22H,3-4,12-17H2,1-2H3/t20-,22-/m1/s1. The van der Waals surface area contributed by atoms with Crippen molar-refractivity contribution in [3.05, 3.63) is 48.3 Å². The summed E-state index contributed by atoms with van der Waals surface area (Å²) >= 11 is 0. The summed E-state index contributed by atoms with van der Waals surface area (Å²) in [5.74, 6) is 1.21. The molecule has 2 saturated heterocycles. The summed E-state index contributed by atoms with van der Waals surface area (Å²) in [6, 6.07) is 9.32. The number of aromatic nitrogens is 2. The Balaban J connectivity index is 1.50. The van der Waals surface area contributed by atoms with Crippen LogP contribution in [0.25, 0.3) is 0 Å². The van der Waals surface area contributed by atoms with Crippen LogP contribution in [0.4, 0.5) is 5.95 Å². The zero-order valence-electron chi connectivity index (χ0n) is 18.8. The maximum Gasteiger partial charge on any atom is 0.228 e. The molecular weight excluding hydrogens is 406 g/mol. The van der Waals surface area contributed by atoms with E-state index >= 15 is 0 Å². The number of carbonyl (C=O) groups is 2. The molecule has 2 fully saturated rings. The lowest BCUT2D eigenvalue weighted by Crippen LogP contribution is -2.51. The van der Waals surface area contributed by atoms with Gasteiger partial charge in [-0.15, -0.1) is 0 Å². The van der Waals surface area contributed by atoms with Gasteiger partial charge in [-0.3, -0.25) is 9.59 Å². The molecule has 1 aromatic carbocycles. The highest BCUT2D eigenvalue weighted by Crippen LogP contribution is 2.40. The van der Waals surface area contributed by atoms with E-state index in [-0.39, 0.29) is 30.2 Å². The van der Waals surface area contributed by atoms with Gasteiger partial charge in [-0.05, 0) is 30.2 Å². The van der Waals surface area contributed by atoms with Gasteiger partial charge in [0.2, 0.25) is 17.8 Å². The van der Waals surface area contributed by atoms with Crippen molar-refractivity contribution in [2.45, 2.75) is 32.2 Å². The summed E-state index contributed by atoms with van der Waals surface area (Å²) in [7, 11) is 1.63. The maximum atomic E-state index is 13.6. The number of amides is 2. The van der Waals surface area contributed by atoms with Gasteiger partial charge in [-0.2, -0.15) is 0 Å². The van der Waals surface area contributed by atoms with Crippen molar-refractivity contribution in [3.63, 3.8) is 0 Å². The lowest BCUT2D eigenvalue weighted by molar-refractivity contribution is -0.136. The van der Waals surface area contributed by atoms with Gasteiger partial charge < -0.3 is 19.4 Å². The van der Waals surface area contributed by atoms with Gasteiger partial charge in [0.05, 0.1) is 19.1 Å². The number of carbonyl (C=O) groups excluding carboxylic acids is 2. The van der Waals surface area contributed by atoms with E-state index in [2.05, 4.69) is 21.8 Å². The molecule has 2 aliphatic heterocycles. The third-order valence-electron chi connectivity index (χ3n) is 6.39. The number of benzene rings is 1. The molecule has 3 heterocycles. The van der Waals surface area contributed by atoms with E-state index in [1.807, 2.05) is 34.1 Å². The monoisotopic (exact) mass is 437 g/mol. The number of hydrogen-bond acceptors (Lipinski definition) is 6. The van der Waals surface area contributed by atoms with Crippen molar-refractivity contribution in [1.82, 2.24) is 19.8 Å². The van der Waals surface area contributed by atoms with Gasteiger partial charge in [0, 0.05) is 51.5 Å². The molecule has 4 rings (SSSR count). The SMILES string of the molecule is CCCCN1C(=O)C[C@@H](C(=O)N2CCN(c3ncccn3)CC2)[C@H]1c1ccc(OC)cc1. The van der Waals surface area contributed by atoms with E-state index in [1.54, 1.807) is 25.6 Å². The Kier molecular flexibility index (Phi) is 6.87. The van der Waals surface area contributed by atoms with E-state index < -0.39 is 0 Å². The number of unbranched alkanes of at least 4 members (excludes halogenated alkanes) is 1. The average Bonchev–Trinajstić information content (AvgIpc) is 3.18. The molecule has 2 aliphatic rings. The third kappa shape index (κ3) is 4.54. The molecule has 0 unspecified atom stereocenters. The second-order valence-electron chi connectivity index (χ2n) is 8.33. The molecule has 8 nitrogen and oxygen atoms in total. The zero-order valence-corrected chi connectivity index (χ0v) is 18.8. The van der Waals surface area contributed by atoms with Crippen molar-refractivity contribution in [2.24, 2.45) is 5.92 Å². The molecule has 0 aliphatic carbocycles. The smallest absolute Gasteiger partial charge is 0.228 e. The first kappa shape index (κ1) is 22.0. The number of piperazine rings is 1. The van der Waals surface area contributed by atoms with Crippen LogP contribution in [0.2, 0.25) is 0 Å². The van der Waals surface area contributed by atoms with Gasteiger partial charge >= 0.3 is 0 Å². The largest absolute Gasteiger partial charge is 0.497 e. The Hall–Kier alpha value is -3.16. The number of nitrogens with zero attached hydrogens (tertiary/aromatic N) is 5. The van der Waals surface area contributed by atoms with Crippen LogP contribution in [0.15, 0.2) is 42.7 Å². The molecular formula is C24H31N5O3. The second kappa shape index (κ2) is 9.97. The topological polar surface area (TPSA) is 78.9 Å². The molecule has 0 saturated carbocycles. The predicted molar refractivity (Wildman–Crippen MR) is 121 cm³/mol. The summed E-state index contributed by atoms with van der Waals surface area (Å²) in [5, 5.41) is 0. The van der Waals surface area contributed by atoms with E-state index in [4.69, 9.17) is 4.74 Å². The third-order valence-corrected chi connectivity index (χ3v) is 6.39. The van der Waals surface area contributed by atoms with E-state index in [0.717, 1.165) is 24.2 Å². The predicted octanol–water partition coefficient (Wildman–Crippen LogP) is 2.52. The first-order valence-corrected chi connectivity index (χ1v) is 11.4. The van der Waals surface area contributed by atoms with Gasteiger partial charge in [-0.1, -0.05) is 25.5 Å².